The van der Waals surface area contributed by atoms with Crippen LogP contribution < -0.4 is 0 Å². The number of halogens is 1. The fraction of sp³-hybridized carbons (Fsp3) is 0.176. The lowest BCUT2D eigenvalue weighted by Crippen LogP contribution is -2.28. The third kappa shape index (κ3) is 4.00. The Balaban J connectivity index is 2.48. The highest BCUT2D eigenvalue weighted by atomic mass is 79.9. The van der Waals surface area contributed by atoms with Crippen molar-refractivity contribution in [1.29, 1.82) is 0 Å². The van der Waals surface area contributed by atoms with Crippen molar-refractivity contribution in [3.05, 3.63) is 75.8 Å². The van der Waals surface area contributed by atoms with Crippen molar-refractivity contribution in [2.45, 2.75) is 5.34 Å². The zero-order valence-corrected chi connectivity index (χ0v) is 15.7. The van der Waals surface area contributed by atoms with Crippen LogP contribution in [0.25, 0.3) is 0 Å². The van der Waals surface area contributed by atoms with Crippen molar-refractivity contribution in [2.24, 2.45) is 0 Å². The first-order valence-corrected chi connectivity index (χ1v) is 9.88. The van der Waals surface area contributed by atoms with Gasteiger partial charge in [-0.1, -0.05) is 40.0 Å². The summed E-state index contributed by atoms with van der Waals surface area (Å²) in [5.41, 5.74) is 3.26. The van der Waals surface area contributed by atoms with Gasteiger partial charge in [-0.25, -0.2) is 0 Å². The number of benzene rings is 2. The van der Waals surface area contributed by atoms with Gasteiger partial charge in [0.25, 0.3) is 5.69 Å². The van der Waals surface area contributed by atoms with E-state index in [1.807, 2.05) is 6.07 Å². The Morgan fingerprint density at radius 2 is 1.84 bits per heavy atom. The van der Waals surface area contributed by atoms with E-state index >= 15 is 0 Å². The van der Waals surface area contributed by atoms with E-state index in [0.717, 1.165) is 0 Å². The highest BCUT2D eigenvalue weighted by Crippen LogP contribution is 2.62. The summed E-state index contributed by atoms with van der Waals surface area (Å²) < 4.78 is 18.3. The first kappa shape index (κ1) is 19.4. The molecule has 2 atom stereocenters. The largest absolute Gasteiger partial charge is 0.374 e. The smallest absolute Gasteiger partial charge is 0.309 e. The van der Waals surface area contributed by atoms with Gasteiger partial charge in [-0.15, -0.1) is 0 Å². The first-order chi connectivity index (χ1) is 11.9. The topological polar surface area (TPSA) is 89.7 Å². The van der Waals surface area contributed by atoms with Crippen LogP contribution in [0.2, 0.25) is 0 Å². The van der Waals surface area contributed by atoms with Gasteiger partial charge < -0.3 is 9.63 Å². The summed E-state index contributed by atoms with van der Waals surface area (Å²) in [7, 11) is -2.66. The minimum Gasteiger partial charge on any atom is -0.374 e. The molecule has 0 fully saturated rings. The van der Waals surface area contributed by atoms with Crippen LogP contribution >= 0.6 is 23.3 Å². The van der Waals surface area contributed by atoms with Crippen LogP contribution in [0.15, 0.2) is 54.6 Å². The number of aliphatic hydroxyl groups is 1. The van der Waals surface area contributed by atoms with Gasteiger partial charge in [0, 0.05) is 30.1 Å². The van der Waals surface area contributed by atoms with E-state index in [9.17, 15) is 19.8 Å². The van der Waals surface area contributed by atoms with Gasteiger partial charge in [-0.2, -0.15) is 0 Å². The first-order valence-electron chi connectivity index (χ1n) is 7.14. The minimum atomic E-state index is -3.87. The number of nitro groups is 1. The monoisotopic (exact) mass is 423 g/mol. The zero-order valence-electron chi connectivity index (χ0n) is 13.3. The number of nitrogens with zero attached hydrogens (tertiary/aromatic N) is 1. The molecule has 130 valence electrons. The quantitative estimate of drug-likeness (QED) is 0.257. The summed E-state index contributed by atoms with van der Waals surface area (Å²) in [6.45, 7) is 0. The molecule has 0 bridgehead atoms. The van der Waals surface area contributed by atoms with E-state index in [-0.39, 0.29) is 16.6 Å². The number of rotatable bonds is 5. The maximum atomic E-state index is 13.2. The van der Waals surface area contributed by atoms with Crippen LogP contribution in [0.3, 0.4) is 0 Å². The third-order valence-corrected chi connectivity index (χ3v) is 7.15. The van der Waals surface area contributed by atoms with E-state index in [1.165, 1.54) is 31.4 Å². The molecule has 2 aromatic carbocycles. The molecule has 0 spiro atoms. The zero-order chi connectivity index (χ0) is 18.5. The van der Waals surface area contributed by atoms with Crippen molar-refractivity contribution in [1.82, 2.24) is 0 Å². The summed E-state index contributed by atoms with van der Waals surface area (Å²) in [6.07, 6.45) is 0. The van der Waals surface area contributed by atoms with Crippen molar-refractivity contribution in [3.63, 3.8) is 0 Å². The molecule has 0 aromatic heterocycles. The van der Waals surface area contributed by atoms with Crippen LogP contribution in [0.5, 0.6) is 0 Å². The van der Waals surface area contributed by atoms with Crippen molar-refractivity contribution in [3.8, 4) is 11.6 Å². The van der Waals surface area contributed by atoms with Gasteiger partial charge in [-0.05, 0) is 35.5 Å². The van der Waals surface area contributed by atoms with Crippen molar-refractivity contribution in [2.75, 3.05) is 12.4 Å². The maximum absolute atomic E-state index is 13.2. The third-order valence-electron chi connectivity index (χ3n) is 3.59. The standard InChI is InChI=1S/C17H15BrNO5P/c1-24-25(23,12-11-14-5-3-2-4-6-14)17(20,13-18)15-7-9-16(10-8-15)19(21)22/h2-10,20H,13H2,1H3/t17-,25-/m1/s1. The molecular weight excluding hydrogens is 409 g/mol. The predicted molar refractivity (Wildman–Crippen MR) is 98.7 cm³/mol. The molecule has 0 aliphatic carbocycles. The minimum absolute atomic E-state index is 0.119. The van der Waals surface area contributed by atoms with Crippen LogP contribution in [0.1, 0.15) is 11.1 Å². The Morgan fingerprint density at radius 3 is 2.32 bits per heavy atom. The second kappa shape index (κ2) is 7.94. The summed E-state index contributed by atoms with van der Waals surface area (Å²) >= 11 is 3.16. The fourth-order valence-corrected chi connectivity index (χ4v) is 4.94. The number of nitro benzene ring substituents is 1. The molecule has 0 heterocycles. The van der Waals surface area contributed by atoms with Crippen molar-refractivity contribution >= 4 is 29.0 Å². The molecule has 0 saturated carbocycles. The van der Waals surface area contributed by atoms with E-state index < -0.39 is 17.6 Å². The molecule has 0 amide bonds. The summed E-state index contributed by atoms with van der Waals surface area (Å²) in [4.78, 5) is 10.2. The molecular formula is C17H15BrNO5P. The Morgan fingerprint density at radius 1 is 1.24 bits per heavy atom. The van der Waals surface area contributed by atoms with Gasteiger partial charge in [0.1, 0.15) is 0 Å². The van der Waals surface area contributed by atoms with Gasteiger partial charge in [0.2, 0.25) is 0 Å². The molecule has 6 nitrogen and oxygen atoms in total. The number of hydrogen-bond donors (Lipinski definition) is 1. The van der Waals surface area contributed by atoms with Gasteiger partial charge in [0.15, 0.2) is 5.34 Å². The Kier molecular flexibility index (Phi) is 6.15. The number of alkyl halides is 1. The van der Waals surface area contributed by atoms with Crippen LogP contribution in [-0.4, -0.2) is 22.5 Å². The molecule has 8 heteroatoms. The average molecular weight is 424 g/mol. The molecule has 25 heavy (non-hydrogen) atoms. The Bertz CT molecular complexity index is 860. The van der Waals surface area contributed by atoms with Crippen LogP contribution in [0, 0.1) is 21.7 Å². The van der Waals surface area contributed by atoms with E-state index in [4.69, 9.17) is 4.52 Å². The summed E-state index contributed by atoms with van der Waals surface area (Å²) in [6, 6.07) is 14.0. The Labute approximate surface area is 153 Å². The summed E-state index contributed by atoms with van der Waals surface area (Å²) in [5.74, 6) is 2.75. The molecule has 0 aliphatic rings. The predicted octanol–water partition coefficient (Wildman–Crippen LogP) is 4.07. The highest BCUT2D eigenvalue weighted by molar-refractivity contribution is 9.09. The number of hydrogen-bond acceptors (Lipinski definition) is 5. The normalized spacial score (nSPS) is 15.3. The molecule has 1 N–H and O–H groups in total. The highest BCUT2D eigenvalue weighted by Gasteiger charge is 2.47. The molecule has 0 unspecified atom stereocenters. The van der Waals surface area contributed by atoms with Crippen LogP contribution in [-0.2, 0) is 14.4 Å². The molecule has 2 rings (SSSR count). The van der Waals surface area contributed by atoms with E-state index in [1.54, 1.807) is 24.3 Å². The second-order valence-electron chi connectivity index (χ2n) is 5.09. The van der Waals surface area contributed by atoms with E-state index in [2.05, 4.69) is 27.5 Å². The fourth-order valence-electron chi connectivity index (χ4n) is 2.12. The van der Waals surface area contributed by atoms with Crippen molar-refractivity contribution < 1.29 is 19.1 Å². The Hall–Kier alpha value is -1.97. The molecule has 0 radical (unpaired) electrons. The lowest BCUT2D eigenvalue weighted by Gasteiger charge is -2.30. The molecule has 0 aliphatic heterocycles. The summed E-state index contributed by atoms with van der Waals surface area (Å²) in [5, 5.41) is 19.7. The van der Waals surface area contributed by atoms with Gasteiger partial charge in [0.05, 0.1) is 4.92 Å². The lowest BCUT2D eigenvalue weighted by molar-refractivity contribution is -0.384. The lowest BCUT2D eigenvalue weighted by atomic mass is 10.1. The molecule has 0 saturated heterocycles. The van der Waals surface area contributed by atoms with Gasteiger partial charge in [-0.3, -0.25) is 14.7 Å². The molecule has 2 aromatic rings. The number of non-ortho nitro benzene ring substituents is 1. The SMILES string of the molecule is CO[P@](=O)(C#Cc1ccccc1)[C@](O)(CBr)c1ccc([N+](=O)[O-])cc1. The average Bonchev–Trinajstić information content (AvgIpc) is 2.66. The van der Waals surface area contributed by atoms with Gasteiger partial charge >= 0.3 is 7.37 Å². The maximum Gasteiger partial charge on any atom is 0.309 e. The van der Waals surface area contributed by atoms with Crippen LogP contribution in [0.4, 0.5) is 5.69 Å². The van der Waals surface area contributed by atoms with E-state index in [0.29, 0.717) is 5.56 Å². The second-order valence-corrected chi connectivity index (χ2v) is 8.08.